The van der Waals surface area contributed by atoms with Crippen molar-refractivity contribution in [3.8, 4) is 5.69 Å². The number of thiazole rings is 1. The molecule has 31 heavy (non-hydrogen) atoms. The molecular formula is C22H23FN6S2. The van der Waals surface area contributed by atoms with E-state index in [4.69, 9.17) is 0 Å². The molecule has 1 N–H and O–H groups in total. The van der Waals surface area contributed by atoms with Gasteiger partial charge in [0.1, 0.15) is 5.82 Å². The maximum Gasteiger partial charge on any atom is 0.196 e. The zero-order valence-electron chi connectivity index (χ0n) is 17.5. The minimum atomic E-state index is -0.269. The number of rotatable bonds is 8. The first kappa shape index (κ1) is 21.5. The molecule has 4 rings (SSSR count). The zero-order chi connectivity index (χ0) is 21.8. The van der Waals surface area contributed by atoms with Gasteiger partial charge in [-0.25, -0.2) is 9.37 Å². The summed E-state index contributed by atoms with van der Waals surface area (Å²) in [6.45, 7) is 2.07. The molecule has 2 aromatic heterocycles. The van der Waals surface area contributed by atoms with E-state index in [1.807, 2.05) is 54.4 Å². The van der Waals surface area contributed by atoms with Crippen LogP contribution in [0.4, 0.5) is 15.2 Å². The lowest BCUT2D eigenvalue weighted by atomic mass is 10.2. The molecule has 4 aromatic rings. The van der Waals surface area contributed by atoms with Crippen molar-refractivity contribution >= 4 is 33.9 Å². The quantitative estimate of drug-likeness (QED) is 0.354. The van der Waals surface area contributed by atoms with E-state index in [9.17, 15) is 4.39 Å². The third kappa shape index (κ3) is 5.12. The lowest BCUT2D eigenvalue weighted by molar-refractivity contribution is 0.305. The number of benzene rings is 2. The Hall–Kier alpha value is -2.75. The van der Waals surface area contributed by atoms with E-state index in [-0.39, 0.29) is 11.9 Å². The summed E-state index contributed by atoms with van der Waals surface area (Å²) in [5, 5.41) is 15.8. The molecule has 0 aliphatic carbocycles. The van der Waals surface area contributed by atoms with Crippen LogP contribution in [0.3, 0.4) is 0 Å². The summed E-state index contributed by atoms with van der Waals surface area (Å²) >= 11 is 3.13. The van der Waals surface area contributed by atoms with Crippen LogP contribution in [-0.4, -0.2) is 38.7 Å². The third-order valence-electron chi connectivity index (χ3n) is 4.82. The summed E-state index contributed by atoms with van der Waals surface area (Å²) in [6.07, 6.45) is 0. The van der Waals surface area contributed by atoms with Gasteiger partial charge in [-0.1, -0.05) is 30.0 Å². The molecule has 0 bridgehead atoms. The third-order valence-corrected chi connectivity index (χ3v) is 6.59. The second kappa shape index (κ2) is 9.59. The summed E-state index contributed by atoms with van der Waals surface area (Å²) < 4.78 is 15.5. The van der Waals surface area contributed by atoms with Gasteiger partial charge in [0.25, 0.3) is 0 Å². The Bertz CT molecular complexity index is 1120. The van der Waals surface area contributed by atoms with Crippen LogP contribution in [0.2, 0.25) is 0 Å². The monoisotopic (exact) mass is 454 g/mol. The van der Waals surface area contributed by atoms with Crippen LogP contribution in [-0.2, 0) is 5.75 Å². The molecular weight excluding hydrogens is 431 g/mol. The van der Waals surface area contributed by atoms with E-state index < -0.39 is 0 Å². The average Bonchev–Trinajstić information content (AvgIpc) is 3.40. The highest BCUT2D eigenvalue weighted by Gasteiger charge is 2.21. The maximum absolute atomic E-state index is 13.5. The Morgan fingerprint density at radius 2 is 1.84 bits per heavy atom. The number of nitrogens with one attached hydrogen (secondary N) is 1. The summed E-state index contributed by atoms with van der Waals surface area (Å²) in [4.78, 5) is 6.75. The minimum absolute atomic E-state index is 0.0489. The fraction of sp³-hybridized carbons (Fsp3) is 0.227. The average molecular weight is 455 g/mol. The van der Waals surface area contributed by atoms with Crippen molar-refractivity contribution in [2.75, 3.05) is 19.4 Å². The number of halogens is 1. The normalized spacial score (nSPS) is 12.3. The smallest absolute Gasteiger partial charge is 0.196 e. The van der Waals surface area contributed by atoms with Crippen LogP contribution < -0.4 is 5.32 Å². The van der Waals surface area contributed by atoms with E-state index >= 15 is 0 Å². The second-order valence-corrected chi connectivity index (χ2v) is 9.02. The number of hydrogen-bond donors (Lipinski definition) is 1. The van der Waals surface area contributed by atoms with Crippen molar-refractivity contribution in [2.45, 2.75) is 23.9 Å². The number of para-hydroxylation sites is 1. The lowest BCUT2D eigenvalue weighted by Gasteiger charge is -2.20. The van der Waals surface area contributed by atoms with E-state index in [0.29, 0.717) is 5.75 Å². The van der Waals surface area contributed by atoms with Crippen LogP contribution in [0.25, 0.3) is 5.69 Å². The predicted molar refractivity (Wildman–Crippen MR) is 125 cm³/mol. The summed E-state index contributed by atoms with van der Waals surface area (Å²) in [5.74, 6) is 1.20. The molecule has 6 nitrogen and oxygen atoms in total. The molecule has 9 heteroatoms. The number of hydrogen-bond acceptors (Lipinski definition) is 7. The van der Waals surface area contributed by atoms with Gasteiger partial charge in [-0.2, -0.15) is 0 Å². The van der Waals surface area contributed by atoms with Crippen LogP contribution in [0.5, 0.6) is 0 Å². The molecule has 0 aliphatic rings. The van der Waals surface area contributed by atoms with Gasteiger partial charge in [0.05, 0.1) is 11.7 Å². The van der Waals surface area contributed by atoms with Crippen molar-refractivity contribution in [3.63, 3.8) is 0 Å². The highest BCUT2D eigenvalue weighted by molar-refractivity contribution is 7.98. The molecule has 0 saturated heterocycles. The van der Waals surface area contributed by atoms with Crippen LogP contribution in [0.15, 0.2) is 65.1 Å². The Kier molecular flexibility index (Phi) is 6.64. The molecule has 0 unspecified atom stereocenters. The van der Waals surface area contributed by atoms with Crippen LogP contribution in [0.1, 0.15) is 24.5 Å². The minimum Gasteiger partial charge on any atom is -0.332 e. The first-order valence-corrected chi connectivity index (χ1v) is 11.6. The predicted octanol–water partition coefficient (Wildman–Crippen LogP) is 5.52. The first-order chi connectivity index (χ1) is 15.0. The van der Waals surface area contributed by atoms with Gasteiger partial charge in [-0.15, -0.1) is 21.5 Å². The number of thioether (sulfide) groups is 1. The van der Waals surface area contributed by atoms with Gasteiger partial charge in [-0.05, 0) is 57.4 Å². The second-order valence-electron chi connectivity index (χ2n) is 7.22. The van der Waals surface area contributed by atoms with Crippen molar-refractivity contribution in [1.82, 2.24) is 24.6 Å². The fourth-order valence-electron chi connectivity index (χ4n) is 2.92. The molecule has 0 amide bonds. The highest BCUT2D eigenvalue weighted by atomic mass is 32.2. The number of anilines is 2. The van der Waals surface area contributed by atoms with Gasteiger partial charge in [-0.3, -0.25) is 9.47 Å². The Balaban J connectivity index is 1.54. The largest absolute Gasteiger partial charge is 0.332 e. The van der Waals surface area contributed by atoms with Gasteiger partial charge >= 0.3 is 0 Å². The molecule has 160 valence electrons. The first-order valence-electron chi connectivity index (χ1n) is 9.78. The van der Waals surface area contributed by atoms with E-state index in [0.717, 1.165) is 33.2 Å². The maximum atomic E-state index is 13.5. The van der Waals surface area contributed by atoms with Crippen LogP contribution in [0, 0.1) is 5.82 Å². The van der Waals surface area contributed by atoms with Gasteiger partial charge in [0, 0.05) is 22.5 Å². The molecule has 0 radical (unpaired) electrons. The molecule has 2 heterocycles. The van der Waals surface area contributed by atoms with E-state index in [1.54, 1.807) is 35.2 Å². The number of nitrogens with zero attached hydrogens (tertiary/aromatic N) is 5. The SMILES string of the molecule is C[C@H](c1nnc(SCc2csc(Nc3ccccc3)n2)n1-c1ccc(F)cc1)N(C)C. The van der Waals surface area contributed by atoms with Crippen molar-refractivity contribution < 1.29 is 4.39 Å². The zero-order valence-corrected chi connectivity index (χ0v) is 19.1. The lowest BCUT2D eigenvalue weighted by Crippen LogP contribution is -2.20. The van der Waals surface area contributed by atoms with Gasteiger partial charge in [0.2, 0.25) is 0 Å². The molecule has 1 atom stereocenters. The fourth-order valence-corrected chi connectivity index (χ4v) is 4.61. The standard InChI is InChI=1S/C22H23FN6S2/c1-15(28(2)3)20-26-27-22(29(20)19-11-9-16(23)10-12-19)31-14-18-13-30-21(25-18)24-17-7-5-4-6-8-17/h4-13,15H,14H2,1-3H3,(H,24,25)/t15-/m1/s1. The molecule has 0 aliphatic heterocycles. The van der Waals surface area contributed by atoms with Crippen molar-refractivity contribution in [1.29, 1.82) is 0 Å². The van der Waals surface area contributed by atoms with Crippen LogP contribution >= 0.6 is 23.1 Å². The Labute approximate surface area is 189 Å². The van der Waals surface area contributed by atoms with Crippen molar-refractivity contribution in [2.24, 2.45) is 0 Å². The Morgan fingerprint density at radius 1 is 1.10 bits per heavy atom. The number of aromatic nitrogens is 4. The topological polar surface area (TPSA) is 58.9 Å². The Morgan fingerprint density at radius 3 is 2.55 bits per heavy atom. The van der Waals surface area contributed by atoms with Gasteiger partial charge in [0.15, 0.2) is 16.1 Å². The summed E-state index contributed by atoms with van der Waals surface area (Å²) in [5.41, 5.74) is 2.81. The summed E-state index contributed by atoms with van der Waals surface area (Å²) in [7, 11) is 4.00. The van der Waals surface area contributed by atoms with E-state index in [2.05, 4.69) is 32.3 Å². The molecule has 0 fully saturated rings. The molecule has 2 aromatic carbocycles. The van der Waals surface area contributed by atoms with E-state index in [1.165, 1.54) is 12.1 Å². The summed E-state index contributed by atoms with van der Waals surface area (Å²) in [6, 6.07) is 16.4. The van der Waals surface area contributed by atoms with Gasteiger partial charge < -0.3 is 5.32 Å². The molecule has 0 saturated carbocycles. The molecule has 0 spiro atoms. The van der Waals surface area contributed by atoms with Crippen molar-refractivity contribution in [3.05, 3.63) is 77.3 Å². The highest BCUT2D eigenvalue weighted by Crippen LogP contribution is 2.30.